The molecule has 1 aromatic rings. The molecule has 1 N–H and O–H groups in total. The van der Waals surface area contributed by atoms with E-state index in [0.717, 1.165) is 11.3 Å². The zero-order chi connectivity index (χ0) is 14.4. The second kappa shape index (κ2) is 7.32. The monoisotopic (exact) mass is 274 g/mol. The Hall–Kier alpha value is -1.51. The molecule has 0 spiro atoms. The lowest BCUT2D eigenvalue weighted by Crippen LogP contribution is -2.26. The van der Waals surface area contributed by atoms with Gasteiger partial charge >= 0.3 is 0 Å². The van der Waals surface area contributed by atoms with E-state index in [9.17, 15) is 4.79 Å². The fourth-order valence-corrected chi connectivity index (χ4v) is 2.86. The molecule has 3 nitrogen and oxygen atoms in total. The summed E-state index contributed by atoms with van der Waals surface area (Å²) in [5.74, 6) is 0.0685. The number of nitrogens with zero attached hydrogens (tertiary/aromatic N) is 1. The summed E-state index contributed by atoms with van der Waals surface area (Å²) >= 11 is 0. The van der Waals surface area contributed by atoms with Crippen LogP contribution in [0.25, 0.3) is 0 Å². The summed E-state index contributed by atoms with van der Waals surface area (Å²) in [6, 6.07) is 8.37. The van der Waals surface area contributed by atoms with E-state index in [1.807, 2.05) is 24.3 Å². The van der Waals surface area contributed by atoms with Crippen LogP contribution in [0.4, 0.5) is 5.69 Å². The molecule has 0 bridgehead atoms. The number of hydrogen-bond donors (Lipinski definition) is 1. The fraction of sp³-hybridized carbons (Fsp3) is 0.588. The van der Waals surface area contributed by atoms with Crippen LogP contribution in [0.15, 0.2) is 24.3 Å². The largest absolute Gasteiger partial charge is 0.382 e. The van der Waals surface area contributed by atoms with Gasteiger partial charge in [0, 0.05) is 25.8 Å². The molecule has 0 unspecified atom stereocenters. The molecule has 0 heterocycles. The van der Waals surface area contributed by atoms with Gasteiger partial charge in [0.2, 0.25) is 0 Å². The minimum absolute atomic E-state index is 0.0685. The normalized spacial score (nSPS) is 17.1. The van der Waals surface area contributed by atoms with Gasteiger partial charge < -0.3 is 10.2 Å². The Balaban J connectivity index is 2.09. The molecule has 3 heteroatoms. The van der Waals surface area contributed by atoms with Crippen LogP contribution in [0.3, 0.4) is 0 Å². The lowest BCUT2D eigenvalue weighted by molar-refractivity contribution is 0.0828. The molecule has 0 atom stereocenters. The predicted octanol–water partition coefficient (Wildman–Crippen LogP) is 3.91. The molecule has 110 valence electrons. The summed E-state index contributed by atoms with van der Waals surface area (Å²) in [7, 11) is 3.60. The van der Waals surface area contributed by atoms with Gasteiger partial charge in [0.25, 0.3) is 5.91 Å². The third kappa shape index (κ3) is 3.99. The van der Waals surface area contributed by atoms with E-state index in [4.69, 9.17) is 0 Å². The number of carbonyl (C=O) groups is 1. The van der Waals surface area contributed by atoms with E-state index in [2.05, 4.69) is 5.32 Å². The molecule has 1 fully saturated rings. The average molecular weight is 274 g/mol. The second-order valence-electron chi connectivity index (χ2n) is 5.93. The van der Waals surface area contributed by atoms with Gasteiger partial charge in [-0.15, -0.1) is 0 Å². The molecule has 1 amide bonds. The van der Waals surface area contributed by atoms with Gasteiger partial charge in [0.1, 0.15) is 0 Å². The molecular formula is C17H26N2O. The van der Waals surface area contributed by atoms with Crippen molar-refractivity contribution in [3.8, 4) is 0 Å². The van der Waals surface area contributed by atoms with Gasteiger partial charge in [0.15, 0.2) is 0 Å². The first-order chi connectivity index (χ1) is 9.68. The van der Waals surface area contributed by atoms with Gasteiger partial charge in [-0.3, -0.25) is 4.79 Å². The average Bonchev–Trinajstić information content (AvgIpc) is 2.41. The van der Waals surface area contributed by atoms with E-state index in [0.29, 0.717) is 6.04 Å². The third-order valence-electron chi connectivity index (χ3n) is 4.03. The Labute approximate surface area is 122 Å². The molecule has 1 aliphatic rings. The molecule has 2 rings (SSSR count). The number of anilines is 1. The van der Waals surface area contributed by atoms with Crippen LogP contribution in [0, 0.1) is 0 Å². The number of hydrogen-bond acceptors (Lipinski definition) is 2. The molecule has 0 saturated heterocycles. The Bertz CT molecular complexity index is 434. The van der Waals surface area contributed by atoms with Crippen LogP contribution in [-0.2, 0) is 0 Å². The molecule has 1 aromatic carbocycles. The standard InChI is InChI=1S/C17H26N2O/c1-19(2)17(20)15-12-8-9-13-16(15)18-14-10-6-4-3-5-7-11-14/h8-9,12-14,18H,3-7,10-11H2,1-2H3. The van der Waals surface area contributed by atoms with Crippen LogP contribution in [0.1, 0.15) is 55.3 Å². The second-order valence-corrected chi connectivity index (χ2v) is 5.93. The lowest BCUT2D eigenvalue weighted by atomic mass is 9.96. The van der Waals surface area contributed by atoms with Crippen molar-refractivity contribution in [2.75, 3.05) is 19.4 Å². The minimum Gasteiger partial charge on any atom is -0.382 e. The van der Waals surface area contributed by atoms with Gasteiger partial charge in [-0.1, -0.05) is 44.2 Å². The van der Waals surface area contributed by atoms with E-state index in [1.54, 1.807) is 19.0 Å². The highest BCUT2D eigenvalue weighted by Crippen LogP contribution is 2.23. The van der Waals surface area contributed by atoms with Crippen molar-refractivity contribution in [3.63, 3.8) is 0 Å². The Kier molecular flexibility index (Phi) is 5.45. The first-order valence-electron chi connectivity index (χ1n) is 7.75. The number of para-hydroxylation sites is 1. The third-order valence-corrected chi connectivity index (χ3v) is 4.03. The lowest BCUT2D eigenvalue weighted by Gasteiger charge is -2.24. The number of rotatable bonds is 3. The summed E-state index contributed by atoms with van der Waals surface area (Å²) in [6.07, 6.45) is 9.08. The van der Waals surface area contributed by atoms with Crippen molar-refractivity contribution < 1.29 is 4.79 Å². The van der Waals surface area contributed by atoms with Gasteiger partial charge in [0.05, 0.1) is 5.56 Å². The molecule has 0 aromatic heterocycles. The van der Waals surface area contributed by atoms with E-state index in [1.165, 1.54) is 44.9 Å². The van der Waals surface area contributed by atoms with Gasteiger partial charge in [-0.05, 0) is 25.0 Å². The predicted molar refractivity (Wildman–Crippen MR) is 84.2 cm³/mol. The Morgan fingerprint density at radius 1 is 1.05 bits per heavy atom. The number of nitrogens with one attached hydrogen (secondary N) is 1. The Morgan fingerprint density at radius 2 is 1.65 bits per heavy atom. The Morgan fingerprint density at radius 3 is 2.30 bits per heavy atom. The van der Waals surface area contributed by atoms with E-state index in [-0.39, 0.29) is 5.91 Å². The molecular weight excluding hydrogens is 248 g/mol. The highest BCUT2D eigenvalue weighted by atomic mass is 16.2. The van der Waals surface area contributed by atoms with Crippen molar-refractivity contribution in [3.05, 3.63) is 29.8 Å². The van der Waals surface area contributed by atoms with Crippen molar-refractivity contribution >= 4 is 11.6 Å². The van der Waals surface area contributed by atoms with Crippen molar-refractivity contribution in [2.45, 2.75) is 51.0 Å². The molecule has 1 aliphatic carbocycles. The molecule has 0 aliphatic heterocycles. The van der Waals surface area contributed by atoms with E-state index < -0.39 is 0 Å². The topological polar surface area (TPSA) is 32.3 Å². The van der Waals surface area contributed by atoms with Crippen LogP contribution in [0.2, 0.25) is 0 Å². The quantitative estimate of drug-likeness (QED) is 0.906. The number of benzene rings is 1. The highest BCUT2D eigenvalue weighted by Gasteiger charge is 2.16. The molecule has 0 radical (unpaired) electrons. The summed E-state index contributed by atoms with van der Waals surface area (Å²) in [4.78, 5) is 13.9. The van der Waals surface area contributed by atoms with Crippen LogP contribution < -0.4 is 5.32 Å². The summed E-state index contributed by atoms with van der Waals surface area (Å²) < 4.78 is 0. The zero-order valence-electron chi connectivity index (χ0n) is 12.7. The number of amides is 1. The maximum Gasteiger partial charge on any atom is 0.255 e. The summed E-state index contributed by atoms with van der Waals surface area (Å²) in [6.45, 7) is 0. The van der Waals surface area contributed by atoms with Crippen molar-refractivity contribution in [1.82, 2.24) is 4.90 Å². The minimum atomic E-state index is 0.0685. The smallest absolute Gasteiger partial charge is 0.255 e. The first kappa shape index (κ1) is 14.9. The molecule has 20 heavy (non-hydrogen) atoms. The van der Waals surface area contributed by atoms with Crippen LogP contribution in [-0.4, -0.2) is 30.9 Å². The summed E-state index contributed by atoms with van der Waals surface area (Å²) in [5.41, 5.74) is 1.76. The van der Waals surface area contributed by atoms with Gasteiger partial charge in [-0.2, -0.15) is 0 Å². The first-order valence-corrected chi connectivity index (χ1v) is 7.75. The van der Waals surface area contributed by atoms with Crippen molar-refractivity contribution in [2.24, 2.45) is 0 Å². The molecule has 1 saturated carbocycles. The summed E-state index contributed by atoms with van der Waals surface area (Å²) in [5, 5.41) is 3.61. The maximum atomic E-state index is 12.2. The maximum absolute atomic E-state index is 12.2. The van der Waals surface area contributed by atoms with Crippen molar-refractivity contribution in [1.29, 1.82) is 0 Å². The van der Waals surface area contributed by atoms with E-state index >= 15 is 0 Å². The van der Waals surface area contributed by atoms with Gasteiger partial charge in [-0.25, -0.2) is 0 Å². The highest BCUT2D eigenvalue weighted by molar-refractivity contribution is 5.99. The zero-order valence-corrected chi connectivity index (χ0v) is 12.7. The fourth-order valence-electron chi connectivity index (χ4n) is 2.86. The SMILES string of the molecule is CN(C)C(=O)c1ccccc1NC1CCCCCCC1. The van der Waals surface area contributed by atoms with Crippen LogP contribution >= 0.6 is 0 Å². The number of carbonyl (C=O) groups excluding carboxylic acids is 1. The van der Waals surface area contributed by atoms with Crippen LogP contribution in [0.5, 0.6) is 0 Å².